The molecule has 9 atom stereocenters. The van der Waals surface area contributed by atoms with Crippen LogP contribution in [0, 0.1) is 30.6 Å². The summed E-state index contributed by atoms with van der Waals surface area (Å²) in [5.74, 6) is 0.186. The van der Waals surface area contributed by atoms with Gasteiger partial charge in [-0.25, -0.2) is 4.98 Å². The van der Waals surface area contributed by atoms with Crippen LogP contribution in [0.15, 0.2) is 4.79 Å². The molecule has 1 aromatic heterocycles. The van der Waals surface area contributed by atoms with Crippen molar-refractivity contribution in [1.82, 2.24) is 24.7 Å². The monoisotopic (exact) mass is 745 g/mol. The van der Waals surface area contributed by atoms with E-state index in [4.69, 9.17) is 21.3 Å². The van der Waals surface area contributed by atoms with Crippen LogP contribution < -0.4 is 10.9 Å². The molecule has 0 radical (unpaired) electrons. The maximum absolute atomic E-state index is 13.9. The lowest BCUT2D eigenvalue weighted by Crippen LogP contribution is -2.57. The molecule has 2 N–H and O–H groups in total. The number of carbonyl (C=O) groups excluding carboxylic acids is 1. The van der Waals surface area contributed by atoms with Crippen LogP contribution in [0.1, 0.15) is 69.0 Å². The lowest BCUT2D eigenvalue weighted by atomic mass is 9.70. The Morgan fingerprint density at radius 3 is 2.58 bits per heavy atom. The van der Waals surface area contributed by atoms with Gasteiger partial charge in [-0.15, -0.1) is 11.6 Å². The van der Waals surface area contributed by atoms with Gasteiger partial charge in [-0.1, -0.05) is 0 Å². The van der Waals surface area contributed by atoms with Crippen molar-refractivity contribution in [2.24, 2.45) is 23.7 Å². The Balaban J connectivity index is 1.08. The fraction of sp³-hybridized carbons (Fsp3) is 0.829. The van der Waals surface area contributed by atoms with E-state index in [1.54, 1.807) is 28.3 Å². The molecule has 280 valence electrons. The highest BCUT2D eigenvalue weighted by atomic mass is 35.5. The summed E-state index contributed by atoms with van der Waals surface area (Å²) in [5, 5.41) is 13.7. The minimum absolute atomic E-state index is 0.0311. The molecule has 4 fully saturated rings. The maximum Gasteiger partial charge on any atom is 0.401 e. The summed E-state index contributed by atoms with van der Waals surface area (Å²) in [5.41, 5.74) is 1.28. The Labute approximate surface area is 301 Å². The van der Waals surface area contributed by atoms with Crippen LogP contribution in [-0.4, -0.2) is 116 Å². The number of likely N-dealkylation sites (tertiary alicyclic amines) is 1. The number of likely N-dealkylation sites (N-methyl/N-ethyl adjacent to an activating group) is 1. The van der Waals surface area contributed by atoms with Gasteiger partial charge < -0.3 is 20.1 Å². The third-order valence-electron chi connectivity index (χ3n) is 12.0. The Morgan fingerprint density at radius 2 is 1.88 bits per heavy atom. The number of hydrogen-bond acceptors (Lipinski definition) is 8. The fourth-order valence-corrected chi connectivity index (χ4v) is 11.5. The average Bonchev–Trinajstić information content (AvgIpc) is 3.49. The fourth-order valence-electron chi connectivity index (χ4n) is 9.37. The summed E-state index contributed by atoms with van der Waals surface area (Å²) in [4.78, 5) is 47.2. The van der Waals surface area contributed by atoms with Crippen LogP contribution in [0.4, 0.5) is 13.2 Å². The number of amides is 1. The van der Waals surface area contributed by atoms with E-state index in [2.05, 4.69) is 12.2 Å². The number of hydrogen-bond donors (Lipinski definition) is 2. The Kier molecular flexibility index (Phi) is 11.8. The number of carbonyl (C=O) groups is 2. The zero-order valence-electron chi connectivity index (χ0n) is 29.2. The van der Waals surface area contributed by atoms with E-state index < -0.39 is 24.6 Å². The lowest BCUT2D eigenvalue weighted by Gasteiger charge is -2.47. The molecule has 10 nitrogen and oxygen atoms in total. The number of thioether (sulfide) groups is 1. The molecular formula is C35H51ClF3N5O5S. The molecule has 3 aliphatic heterocycles. The van der Waals surface area contributed by atoms with Crippen molar-refractivity contribution >= 4 is 35.2 Å². The normalized spacial score (nSPS) is 33.9. The van der Waals surface area contributed by atoms with Gasteiger partial charge in [0.05, 0.1) is 37.4 Å². The first kappa shape index (κ1) is 37.9. The lowest BCUT2D eigenvalue weighted by molar-refractivity contribution is -0.151. The first-order valence-electron chi connectivity index (χ1n) is 18.2. The number of rotatable bonds is 9. The molecule has 1 aromatic rings. The van der Waals surface area contributed by atoms with Gasteiger partial charge >= 0.3 is 12.1 Å². The number of alkyl halides is 4. The van der Waals surface area contributed by atoms with Crippen molar-refractivity contribution in [3.63, 3.8) is 0 Å². The molecule has 0 bridgehead atoms. The smallest absolute Gasteiger partial charge is 0.401 e. The number of piperidine rings is 2. The Morgan fingerprint density at radius 1 is 1.14 bits per heavy atom. The molecule has 0 spiro atoms. The SMILES string of the molecule is Cc1nc2c(c(=O)n1CCOC1CCC(Cl)CC1C1CC(C)NC3C(C(=O)O)CSC13)CC(N(C)C(=O)C1CCN(CC(F)(F)F)CC1)CC2. The number of carboxylic acid groups (broad SMARTS) is 1. The summed E-state index contributed by atoms with van der Waals surface area (Å²) >= 11 is 8.49. The molecule has 15 heteroatoms. The van der Waals surface area contributed by atoms with E-state index in [0.717, 1.165) is 31.4 Å². The Hall–Kier alpha value is -1.87. The van der Waals surface area contributed by atoms with Crippen LogP contribution in [0.2, 0.25) is 0 Å². The van der Waals surface area contributed by atoms with Crippen molar-refractivity contribution in [2.75, 3.05) is 39.0 Å². The molecule has 0 aromatic carbocycles. The molecule has 1 amide bonds. The second kappa shape index (κ2) is 15.6. The highest BCUT2D eigenvalue weighted by Crippen LogP contribution is 2.48. The zero-order chi connectivity index (χ0) is 35.9. The van der Waals surface area contributed by atoms with E-state index in [-0.39, 0.29) is 77.2 Å². The van der Waals surface area contributed by atoms with Crippen LogP contribution >= 0.6 is 23.4 Å². The van der Waals surface area contributed by atoms with E-state index in [1.807, 2.05) is 6.92 Å². The molecule has 5 aliphatic rings. The minimum Gasteiger partial charge on any atom is -0.481 e. The molecule has 6 rings (SSSR count). The average molecular weight is 746 g/mol. The maximum atomic E-state index is 13.9. The van der Waals surface area contributed by atoms with Crippen LogP contribution in [0.25, 0.3) is 0 Å². The van der Waals surface area contributed by atoms with Crippen LogP contribution in [0.5, 0.6) is 0 Å². The molecule has 1 saturated carbocycles. The predicted octanol–water partition coefficient (Wildman–Crippen LogP) is 4.12. The Bertz CT molecular complexity index is 1460. The highest BCUT2D eigenvalue weighted by Gasteiger charge is 2.51. The summed E-state index contributed by atoms with van der Waals surface area (Å²) in [6, 6.07) is -0.0442. The minimum atomic E-state index is -4.25. The first-order chi connectivity index (χ1) is 23.7. The number of aryl methyl sites for hydroxylation is 2. The number of aliphatic carboxylic acids is 1. The number of nitrogens with one attached hydrogen (secondary N) is 1. The van der Waals surface area contributed by atoms with Gasteiger partial charge in [-0.05, 0) is 90.1 Å². The second-order valence-corrected chi connectivity index (χ2v) is 17.1. The number of ether oxygens (including phenoxy) is 1. The summed E-state index contributed by atoms with van der Waals surface area (Å²) in [6.07, 6.45) is 1.59. The molecule has 2 aliphatic carbocycles. The summed E-state index contributed by atoms with van der Waals surface area (Å²) in [6.45, 7) is 4.18. The number of aromatic nitrogens is 2. The van der Waals surface area contributed by atoms with E-state index in [1.165, 1.54) is 4.90 Å². The van der Waals surface area contributed by atoms with Gasteiger partial charge in [0, 0.05) is 59.5 Å². The number of nitrogens with zero attached hydrogens (tertiary/aromatic N) is 4. The third kappa shape index (κ3) is 8.34. The quantitative estimate of drug-likeness (QED) is 0.361. The molecule has 4 heterocycles. The topological polar surface area (TPSA) is 117 Å². The number of carboxylic acids is 1. The van der Waals surface area contributed by atoms with Gasteiger partial charge in [-0.3, -0.25) is 23.9 Å². The van der Waals surface area contributed by atoms with Crippen LogP contribution in [-0.2, 0) is 33.7 Å². The van der Waals surface area contributed by atoms with Gasteiger partial charge in [0.15, 0.2) is 0 Å². The standard InChI is InChI=1S/C35H51ClF3N5O5S/c1-19-14-25(31-30(40-19)27(17-50-31)34(47)48)24-15-22(36)4-7-29(24)49-13-12-44-20(2)41-28-6-5-23(16-26(28)33(44)46)42(3)32(45)21-8-10-43(11-9-21)18-35(37,38)39/h19,21-25,27,29-31,40H,4-18H2,1-3H3,(H,47,48). The zero-order valence-corrected chi connectivity index (χ0v) is 30.7. The molecule has 9 unspecified atom stereocenters. The first-order valence-corrected chi connectivity index (χ1v) is 19.7. The number of halogens is 4. The predicted molar refractivity (Wildman–Crippen MR) is 186 cm³/mol. The van der Waals surface area contributed by atoms with Gasteiger partial charge in [0.2, 0.25) is 5.91 Å². The van der Waals surface area contributed by atoms with Crippen molar-refractivity contribution < 1.29 is 32.6 Å². The molecular weight excluding hydrogens is 695 g/mol. The van der Waals surface area contributed by atoms with Gasteiger partial charge in [0.25, 0.3) is 5.56 Å². The van der Waals surface area contributed by atoms with E-state index >= 15 is 0 Å². The summed E-state index contributed by atoms with van der Waals surface area (Å²) in [7, 11) is 1.75. The summed E-state index contributed by atoms with van der Waals surface area (Å²) < 4.78 is 46.8. The van der Waals surface area contributed by atoms with Crippen molar-refractivity contribution in [1.29, 1.82) is 0 Å². The largest absolute Gasteiger partial charge is 0.481 e. The van der Waals surface area contributed by atoms with Crippen molar-refractivity contribution in [3.8, 4) is 0 Å². The van der Waals surface area contributed by atoms with E-state index in [0.29, 0.717) is 62.4 Å². The molecule has 3 saturated heterocycles. The van der Waals surface area contributed by atoms with Gasteiger partial charge in [0.1, 0.15) is 5.82 Å². The molecule has 50 heavy (non-hydrogen) atoms. The highest BCUT2D eigenvalue weighted by molar-refractivity contribution is 8.00. The van der Waals surface area contributed by atoms with Crippen molar-refractivity contribution in [3.05, 3.63) is 27.4 Å². The third-order valence-corrected chi connectivity index (χ3v) is 14.0. The van der Waals surface area contributed by atoms with Crippen LogP contribution in [0.3, 0.4) is 0 Å². The number of fused-ring (bicyclic) bond motifs is 2. The second-order valence-electron chi connectivity index (χ2n) is 15.3. The van der Waals surface area contributed by atoms with Gasteiger partial charge in [-0.2, -0.15) is 24.9 Å². The van der Waals surface area contributed by atoms with E-state index in [9.17, 15) is 32.7 Å². The van der Waals surface area contributed by atoms with Crippen molar-refractivity contribution in [2.45, 2.75) is 119 Å².